The molecule has 3 heterocycles. The van der Waals surface area contributed by atoms with Crippen LogP contribution in [-0.2, 0) is 0 Å². The molecule has 5 heteroatoms. The number of furan rings is 1. The highest BCUT2D eigenvalue weighted by molar-refractivity contribution is 6.15. The maximum Gasteiger partial charge on any atom is 0.164 e. The van der Waals surface area contributed by atoms with Crippen molar-refractivity contribution in [3.8, 4) is 34.2 Å². The summed E-state index contributed by atoms with van der Waals surface area (Å²) in [6, 6.07) is 48.1. The Labute approximate surface area is 268 Å². The van der Waals surface area contributed by atoms with E-state index in [9.17, 15) is 0 Å². The van der Waals surface area contributed by atoms with Crippen LogP contribution in [0.15, 0.2) is 150 Å². The molecule has 0 saturated carbocycles. The molecule has 0 unspecified atom stereocenters. The summed E-state index contributed by atoms with van der Waals surface area (Å²) in [7, 11) is 0. The van der Waals surface area contributed by atoms with E-state index in [2.05, 4.69) is 126 Å². The molecule has 0 aliphatic heterocycles. The molecule has 218 valence electrons. The Hall–Kier alpha value is -6.46. The second-order valence-corrected chi connectivity index (χ2v) is 11.9. The fourth-order valence-electron chi connectivity index (χ4n) is 6.89. The van der Waals surface area contributed by atoms with Gasteiger partial charge in [0, 0.05) is 39.0 Å². The number of nitrogens with zero attached hydrogens (tertiary/aromatic N) is 4. The standard InChI is InChI=1S/C42H24N4O/c1-2-10-26-21-29(19-18-25(26)9-1)40-44-41(33-16-7-17-37-39(33)35-24-36-28(12-8-20-43-36)23-38(35)47-37)46-42(45-40)34-22-27-11-3-4-13-30(27)31-14-5-6-15-32(31)34/h1-24H. The van der Waals surface area contributed by atoms with Crippen molar-refractivity contribution >= 4 is 65.2 Å². The highest BCUT2D eigenvalue weighted by Crippen LogP contribution is 2.39. The van der Waals surface area contributed by atoms with Gasteiger partial charge in [-0.25, -0.2) is 15.0 Å². The summed E-state index contributed by atoms with van der Waals surface area (Å²) in [4.78, 5) is 20.2. The molecule has 7 aromatic carbocycles. The quantitative estimate of drug-likeness (QED) is 0.189. The van der Waals surface area contributed by atoms with Gasteiger partial charge in [0.25, 0.3) is 0 Å². The Morgan fingerprint density at radius 1 is 0.404 bits per heavy atom. The van der Waals surface area contributed by atoms with Gasteiger partial charge in [0.2, 0.25) is 0 Å². The number of fused-ring (bicyclic) bond motifs is 8. The summed E-state index contributed by atoms with van der Waals surface area (Å²) in [6.07, 6.45) is 1.82. The van der Waals surface area contributed by atoms with E-state index in [0.29, 0.717) is 17.5 Å². The Balaban J connectivity index is 1.29. The van der Waals surface area contributed by atoms with Crippen LogP contribution >= 0.6 is 0 Å². The normalized spacial score (nSPS) is 11.8. The minimum atomic E-state index is 0.588. The van der Waals surface area contributed by atoms with E-state index < -0.39 is 0 Å². The van der Waals surface area contributed by atoms with Crippen molar-refractivity contribution in [3.05, 3.63) is 146 Å². The van der Waals surface area contributed by atoms with Crippen molar-refractivity contribution in [2.24, 2.45) is 0 Å². The molecular weight excluding hydrogens is 576 g/mol. The molecule has 10 rings (SSSR count). The molecule has 0 saturated heterocycles. The van der Waals surface area contributed by atoms with Gasteiger partial charge in [-0.1, -0.05) is 103 Å². The first-order valence-corrected chi connectivity index (χ1v) is 15.6. The number of pyridine rings is 1. The first-order valence-electron chi connectivity index (χ1n) is 15.6. The molecule has 0 fully saturated rings. The third-order valence-electron chi connectivity index (χ3n) is 9.11. The average Bonchev–Trinajstić information content (AvgIpc) is 3.50. The molecule has 0 aliphatic carbocycles. The van der Waals surface area contributed by atoms with Crippen molar-refractivity contribution in [1.82, 2.24) is 19.9 Å². The monoisotopic (exact) mass is 600 g/mol. The maximum atomic E-state index is 6.41. The van der Waals surface area contributed by atoms with Gasteiger partial charge in [-0.3, -0.25) is 4.98 Å². The maximum absolute atomic E-state index is 6.41. The highest BCUT2D eigenvalue weighted by atomic mass is 16.3. The Bertz CT molecular complexity index is 2870. The summed E-state index contributed by atoms with van der Waals surface area (Å²) in [6.45, 7) is 0. The highest BCUT2D eigenvalue weighted by Gasteiger charge is 2.20. The molecule has 0 atom stereocenters. The van der Waals surface area contributed by atoms with E-state index in [0.717, 1.165) is 71.1 Å². The Morgan fingerprint density at radius 3 is 2.02 bits per heavy atom. The molecular formula is C42H24N4O. The minimum absolute atomic E-state index is 0.588. The summed E-state index contributed by atoms with van der Waals surface area (Å²) >= 11 is 0. The van der Waals surface area contributed by atoms with E-state index in [1.165, 1.54) is 10.8 Å². The Kier molecular flexibility index (Phi) is 5.51. The third kappa shape index (κ3) is 4.10. The van der Waals surface area contributed by atoms with E-state index in [4.69, 9.17) is 19.4 Å². The van der Waals surface area contributed by atoms with Crippen molar-refractivity contribution in [1.29, 1.82) is 0 Å². The summed E-state index contributed by atoms with van der Waals surface area (Å²) in [5.41, 5.74) is 5.26. The summed E-state index contributed by atoms with van der Waals surface area (Å²) < 4.78 is 6.41. The molecule has 0 bridgehead atoms. The topological polar surface area (TPSA) is 64.7 Å². The van der Waals surface area contributed by atoms with Crippen LogP contribution in [0.3, 0.4) is 0 Å². The van der Waals surface area contributed by atoms with Gasteiger partial charge in [0.1, 0.15) is 11.2 Å². The SMILES string of the molecule is c1ccc2cc(-c3nc(-c4cc5ccccc5c5ccccc45)nc(-c4cccc5oc6cc7cccnc7cc6c45)n3)ccc2c1. The fourth-order valence-corrected chi connectivity index (χ4v) is 6.89. The smallest absolute Gasteiger partial charge is 0.164 e. The van der Waals surface area contributed by atoms with Gasteiger partial charge in [-0.05, 0) is 68.7 Å². The van der Waals surface area contributed by atoms with E-state index >= 15 is 0 Å². The van der Waals surface area contributed by atoms with Crippen molar-refractivity contribution in [3.63, 3.8) is 0 Å². The molecule has 0 N–H and O–H groups in total. The molecule has 0 amide bonds. The third-order valence-corrected chi connectivity index (χ3v) is 9.11. The zero-order valence-electron chi connectivity index (χ0n) is 25.1. The van der Waals surface area contributed by atoms with Crippen LogP contribution in [0, 0.1) is 0 Å². The molecule has 3 aromatic heterocycles. The summed E-state index contributed by atoms with van der Waals surface area (Å²) in [5.74, 6) is 1.83. The number of rotatable bonds is 3. The largest absolute Gasteiger partial charge is 0.456 e. The molecule has 0 spiro atoms. The van der Waals surface area contributed by atoms with Crippen LogP contribution in [0.2, 0.25) is 0 Å². The van der Waals surface area contributed by atoms with Crippen LogP contribution < -0.4 is 0 Å². The predicted molar refractivity (Wildman–Crippen MR) is 191 cm³/mol. The zero-order valence-corrected chi connectivity index (χ0v) is 25.1. The lowest BCUT2D eigenvalue weighted by molar-refractivity contribution is 0.669. The van der Waals surface area contributed by atoms with Crippen LogP contribution in [0.1, 0.15) is 0 Å². The summed E-state index contributed by atoms with van der Waals surface area (Å²) in [5, 5.41) is 9.87. The lowest BCUT2D eigenvalue weighted by Gasteiger charge is -2.13. The van der Waals surface area contributed by atoms with Gasteiger partial charge in [0.15, 0.2) is 17.5 Å². The molecule has 47 heavy (non-hydrogen) atoms. The van der Waals surface area contributed by atoms with Gasteiger partial charge >= 0.3 is 0 Å². The van der Waals surface area contributed by atoms with Crippen LogP contribution in [-0.4, -0.2) is 19.9 Å². The van der Waals surface area contributed by atoms with Gasteiger partial charge < -0.3 is 4.42 Å². The van der Waals surface area contributed by atoms with Crippen molar-refractivity contribution < 1.29 is 4.42 Å². The molecule has 5 nitrogen and oxygen atoms in total. The average molecular weight is 601 g/mol. The minimum Gasteiger partial charge on any atom is -0.456 e. The Morgan fingerprint density at radius 2 is 1.13 bits per heavy atom. The second kappa shape index (κ2) is 10.0. The van der Waals surface area contributed by atoms with Crippen LogP contribution in [0.25, 0.3) is 99.3 Å². The van der Waals surface area contributed by atoms with Crippen molar-refractivity contribution in [2.45, 2.75) is 0 Å². The predicted octanol–water partition coefficient (Wildman–Crippen LogP) is 10.8. The van der Waals surface area contributed by atoms with Gasteiger partial charge in [-0.15, -0.1) is 0 Å². The first kappa shape index (κ1) is 25.8. The lowest BCUT2D eigenvalue weighted by atomic mass is 9.96. The van der Waals surface area contributed by atoms with Crippen LogP contribution in [0.5, 0.6) is 0 Å². The zero-order chi connectivity index (χ0) is 30.9. The second-order valence-electron chi connectivity index (χ2n) is 11.9. The van der Waals surface area contributed by atoms with Gasteiger partial charge in [-0.2, -0.15) is 0 Å². The van der Waals surface area contributed by atoms with Crippen molar-refractivity contribution in [2.75, 3.05) is 0 Å². The van der Waals surface area contributed by atoms with E-state index in [-0.39, 0.29) is 0 Å². The van der Waals surface area contributed by atoms with E-state index in [1.54, 1.807) is 0 Å². The molecule has 0 aliphatic rings. The number of benzene rings is 7. The van der Waals surface area contributed by atoms with Gasteiger partial charge in [0.05, 0.1) is 5.52 Å². The first-order chi connectivity index (χ1) is 23.3. The molecule has 0 radical (unpaired) electrons. The number of hydrogen-bond donors (Lipinski definition) is 0. The number of aromatic nitrogens is 4. The van der Waals surface area contributed by atoms with E-state index in [1.807, 2.05) is 24.4 Å². The van der Waals surface area contributed by atoms with Crippen LogP contribution in [0.4, 0.5) is 0 Å². The lowest BCUT2D eigenvalue weighted by Crippen LogP contribution is -2.01. The number of hydrogen-bond acceptors (Lipinski definition) is 5. The fraction of sp³-hybridized carbons (Fsp3) is 0. The molecule has 10 aromatic rings.